The van der Waals surface area contributed by atoms with Crippen molar-refractivity contribution >= 4 is 17.4 Å². The number of hydrogen-bond acceptors (Lipinski definition) is 1. The molecule has 0 radical (unpaired) electrons. The third-order valence-corrected chi connectivity index (χ3v) is 1.30. The highest BCUT2D eigenvalue weighted by molar-refractivity contribution is 6.20. The Kier molecular flexibility index (Phi) is 3.86. The van der Waals surface area contributed by atoms with Crippen molar-refractivity contribution in [2.75, 3.05) is 0 Å². The van der Waals surface area contributed by atoms with E-state index in [0.29, 0.717) is 0 Å². The van der Waals surface area contributed by atoms with E-state index in [1.807, 2.05) is 0 Å². The lowest BCUT2D eigenvalue weighted by molar-refractivity contribution is -0.171. The van der Waals surface area contributed by atoms with Crippen LogP contribution in [0.3, 0.4) is 0 Å². The van der Waals surface area contributed by atoms with Gasteiger partial charge in [-0.15, -0.1) is 11.6 Å². The first-order valence-electron chi connectivity index (χ1n) is 3.08. The van der Waals surface area contributed by atoms with Crippen LogP contribution in [0, 0.1) is 0 Å². The van der Waals surface area contributed by atoms with Crippen LogP contribution in [0.5, 0.6) is 0 Å². The molecule has 0 N–H and O–H groups in total. The number of carbonyl (C=O) groups is 1. The summed E-state index contributed by atoms with van der Waals surface area (Å²) in [5.41, 5.74) is 0. The molecule has 1 nitrogen and oxygen atoms in total. The first-order chi connectivity index (χ1) is 4.84. The van der Waals surface area contributed by atoms with Crippen LogP contribution >= 0.6 is 11.6 Å². The molecule has 0 amide bonds. The van der Waals surface area contributed by atoms with Gasteiger partial charge in [-0.1, -0.05) is 0 Å². The van der Waals surface area contributed by atoms with Crippen LogP contribution in [-0.2, 0) is 4.79 Å². The zero-order chi connectivity index (χ0) is 9.07. The van der Waals surface area contributed by atoms with Crippen LogP contribution in [0.25, 0.3) is 0 Å². The SMILES string of the molecule is CC(Cl)CCC(=O)C(F)(F)F. The standard InChI is InChI=1S/C6H8ClF3O/c1-4(7)2-3-5(11)6(8,9)10/h4H,2-3H2,1H3. The highest BCUT2D eigenvalue weighted by Crippen LogP contribution is 2.19. The summed E-state index contributed by atoms with van der Waals surface area (Å²) in [6.07, 6.45) is -5.15. The molecular weight excluding hydrogens is 181 g/mol. The molecule has 11 heavy (non-hydrogen) atoms. The summed E-state index contributed by atoms with van der Waals surface area (Å²) in [6.45, 7) is 1.55. The molecule has 0 spiro atoms. The van der Waals surface area contributed by atoms with Gasteiger partial charge in [-0.25, -0.2) is 0 Å². The van der Waals surface area contributed by atoms with Gasteiger partial charge in [0.2, 0.25) is 5.78 Å². The summed E-state index contributed by atoms with van der Waals surface area (Å²) in [5.74, 6) is -1.70. The Labute approximate surface area is 67.5 Å². The Balaban J connectivity index is 3.71. The lowest BCUT2D eigenvalue weighted by Crippen LogP contribution is -2.22. The van der Waals surface area contributed by atoms with Gasteiger partial charge in [0.1, 0.15) is 0 Å². The van der Waals surface area contributed by atoms with Gasteiger partial charge in [0.05, 0.1) is 0 Å². The van der Waals surface area contributed by atoms with Gasteiger partial charge in [-0.2, -0.15) is 13.2 Å². The number of carbonyl (C=O) groups excluding carboxylic acids is 1. The molecule has 1 atom stereocenters. The first kappa shape index (κ1) is 10.8. The average Bonchev–Trinajstić information content (AvgIpc) is 1.80. The molecule has 0 aromatic rings. The molecule has 0 saturated carbocycles. The van der Waals surface area contributed by atoms with E-state index in [1.54, 1.807) is 6.92 Å². The molecule has 5 heteroatoms. The number of alkyl halides is 4. The van der Waals surface area contributed by atoms with Crippen LogP contribution in [-0.4, -0.2) is 17.3 Å². The van der Waals surface area contributed by atoms with Crippen LogP contribution < -0.4 is 0 Å². The summed E-state index contributed by atoms with van der Waals surface area (Å²) in [7, 11) is 0. The van der Waals surface area contributed by atoms with Gasteiger partial charge in [0.25, 0.3) is 0 Å². The number of hydrogen-bond donors (Lipinski definition) is 0. The lowest BCUT2D eigenvalue weighted by atomic mass is 10.2. The van der Waals surface area contributed by atoms with Crippen molar-refractivity contribution in [1.29, 1.82) is 0 Å². The fourth-order valence-corrected chi connectivity index (χ4v) is 0.581. The van der Waals surface area contributed by atoms with E-state index in [2.05, 4.69) is 0 Å². The van der Waals surface area contributed by atoms with Gasteiger partial charge in [-0.3, -0.25) is 4.79 Å². The molecule has 0 aliphatic heterocycles. The highest BCUT2D eigenvalue weighted by Gasteiger charge is 2.37. The monoisotopic (exact) mass is 188 g/mol. The van der Waals surface area contributed by atoms with E-state index < -0.39 is 18.4 Å². The molecule has 0 aromatic heterocycles. The third kappa shape index (κ3) is 5.07. The van der Waals surface area contributed by atoms with Crippen molar-refractivity contribution < 1.29 is 18.0 Å². The average molecular weight is 189 g/mol. The molecule has 0 aliphatic rings. The molecule has 0 aliphatic carbocycles. The van der Waals surface area contributed by atoms with Gasteiger partial charge in [-0.05, 0) is 13.3 Å². The zero-order valence-corrected chi connectivity index (χ0v) is 6.67. The number of rotatable bonds is 3. The van der Waals surface area contributed by atoms with E-state index in [-0.39, 0.29) is 11.8 Å². The van der Waals surface area contributed by atoms with Crippen LogP contribution in [0.1, 0.15) is 19.8 Å². The van der Waals surface area contributed by atoms with Gasteiger partial charge >= 0.3 is 6.18 Å². The van der Waals surface area contributed by atoms with E-state index in [1.165, 1.54) is 0 Å². The second kappa shape index (κ2) is 3.95. The fraction of sp³-hybridized carbons (Fsp3) is 0.833. The maximum absolute atomic E-state index is 11.5. The summed E-state index contributed by atoms with van der Waals surface area (Å²) in [6, 6.07) is 0. The second-order valence-corrected chi connectivity index (χ2v) is 2.99. The van der Waals surface area contributed by atoms with Crippen LogP contribution in [0.2, 0.25) is 0 Å². The van der Waals surface area contributed by atoms with Crippen molar-refractivity contribution in [3.8, 4) is 0 Å². The maximum atomic E-state index is 11.5. The summed E-state index contributed by atoms with van der Waals surface area (Å²) in [4.78, 5) is 10.2. The van der Waals surface area contributed by atoms with Gasteiger partial charge in [0, 0.05) is 11.8 Å². The molecule has 0 rings (SSSR count). The molecule has 0 fully saturated rings. The topological polar surface area (TPSA) is 17.1 Å². The first-order valence-corrected chi connectivity index (χ1v) is 3.51. The molecule has 1 unspecified atom stereocenters. The van der Waals surface area contributed by atoms with Gasteiger partial charge in [0.15, 0.2) is 0 Å². The highest BCUT2D eigenvalue weighted by atomic mass is 35.5. The van der Waals surface area contributed by atoms with E-state index in [0.717, 1.165) is 0 Å². The Morgan fingerprint density at radius 3 is 2.27 bits per heavy atom. The normalized spacial score (nSPS) is 14.6. The maximum Gasteiger partial charge on any atom is 0.449 e. The van der Waals surface area contributed by atoms with E-state index >= 15 is 0 Å². The summed E-state index contributed by atoms with van der Waals surface area (Å²) >= 11 is 5.35. The minimum absolute atomic E-state index is 0.0693. The fourth-order valence-electron chi connectivity index (χ4n) is 0.472. The van der Waals surface area contributed by atoms with Crippen molar-refractivity contribution in [3.05, 3.63) is 0 Å². The minimum Gasteiger partial charge on any atom is -0.290 e. The molecule has 66 valence electrons. The Bertz CT molecular complexity index is 141. The Morgan fingerprint density at radius 1 is 1.55 bits per heavy atom. The van der Waals surface area contributed by atoms with Crippen molar-refractivity contribution in [2.24, 2.45) is 0 Å². The smallest absolute Gasteiger partial charge is 0.290 e. The van der Waals surface area contributed by atoms with Crippen molar-refractivity contribution in [1.82, 2.24) is 0 Å². The quantitative estimate of drug-likeness (QED) is 0.622. The molecule has 0 aromatic carbocycles. The Hall–Kier alpha value is -0.250. The van der Waals surface area contributed by atoms with Gasteiger partial charge < -0.3 is 0 Å². The number of Topliss-reactive ketones (excluding diaryl/α,β-unsaturated/α-hetero) is 1. The van der Waals surface area contributed by atoms with Crippen LogP contribution in [0.4, 0.5) is 13.2 Å². The third-order valence-electron chi connectivity index (χ3n) is 1.09. The number of ketones is 1. The van der Waals surface area contributed by atoms with E-state index in [9.17, 15) is 18.0 Å². The summed E-state index contributed by atoms with van der Waals surface area (Å²) in [5, 5.41) is -0.388. The predicted octanol–water partition coefficient (Wildman–Crippen LogP) is 2.53. The molecule has 0 saturated heterocycles. The largest absolute Gasteiger partial charge is 0.449 e. The van der Waals surface area contributed by atoms with Crippen molar-refractivity contribution in [2.45, 2.75) is 31.3 Å². The van der Waals surface area contributed by atoms with E-state index in [4.69, 9.17) is 11.6 Å². The second-order valence-electron chi connectivity index (χ2n) is 2.24. The number of halogens is 4. The molecular formula is C6H8ClF3O. The minimum atomic E-state index is -4.70. The van der Waals surface area contributed by atoms with Crippen LogP contribution in [0.15, 0.2) is 0 Å². The van der Waals surface area contributed by atoms with Crippen molar-refractivity contribution in [3.63, 3.8) is 0 Å². The zero-order valence-electron chi connectivity index (χ0n) is 5.91. The lowest BCUT2D eigenvalue weighted by Gasteiger charge is -2.04. The Morgan fingerprint density at radius 2 is 2.00 bits per heavy atom. The molecule has 0 bridgehead atoms. The summed E-state index contributed by atoms with van der Waals surface area (Å²) < 4.78 is 34.5. The molecule has 0 heterocycles. The predicted molar refractivity (Wildman–Crippen MR) is 35.6 cm³/mol.